The summed E-state index contributed by atoms with van der Waals surface area (Å²) in [7, 11) is -4.17. The lowest BCUT2D eigenvalue weighted by atomic mass is 9.95. The Hall–Kier alpha value is -3.36. The monoisotopic (exact) mass is 595 g/mol. The second kappa shape index (κ2) is 13.5. The van der Waals surface area contributed by atoms with Crippen LogP contribution in [0.15, 0.2) is 77.7 Å². The number of rotatable bonds is 10. The van der Waals surface area contributed by atoms with Crippen LogP contribution in [0.4, 0.5) is 5.69 Å². The normalized spacial score (nSPS) is 14.7. The van der Waals surface area contributed by atoms with E-state index in [-0.39, 0.29) is 34.1 Å². The van der Waals surface area contributed by atoms with Gasteiger partial charge in [0, 0.05) is 12.6 Å². The van der Waals surface area contributed by atoms with Gasteiger partial charge in [-0.2, -0.15) is 0 Å². The molecule has 1 atom stereocenters. The number of amides is 2. The molecule has 1 aliphatic carbocycles. The van der Waals surface area contributed by atoms with Crippen molar-refractivity contribution in [1.82, 2.24) is 10.2 Å². The minimum Gasteiger partial charge on any atom is -0.352 e. The highest BCUT2D eigenvalue weighted by molar-refractivity contribution is 7.92. The minimum absolute atomic E-state index is 0.0455. The van der Waals surface area contributed by atoms with E-state index in [0.29, 0.717) is 0 Å². The van der Waals surface area contributed by atoms with Crippen LogP contribution < -0.4 is 9.62 Å². The molecule has 4 rings (SSSR count). The molecule has 0 aliphatic heterocycles. The van der Waals surface area contributed by atoms with Crippen LogP contribution >= 0.6 is 11.6 Å². The summed E-state index contributed by atoms with van der Waals surface area (Å²) in [5, 5.41) is 3.32. The van der Waals surface area contributed by atoms with E-state index in [9.17, 15) is 18.0 Å². The van der Waals surface area contributed by atoms with E-state index in [1.165, 1.54) is 17.0 Å². The van der Waals surface area contributed by atoms with Crippen LogP contribution in [-0.4, -0.2) is 43.8 Å². The minimum atomic E-state index is -4.17. The summed E-state index contributed by atoms with van der Waals surface area (Å²) < 4.78 is 28.9. The molecule has 0 saturated heterocycles. The van der Waals surface area contributed by atoms with Gasteiger partial charge in [-0.05, 0) is 63.4 Å². The number of carbonyl (C=O) groups excluding carboxylic acids is 2. The Bertz CT molecular complexity index is 1470. The fraction of sp³-hybridized carbons (Fsp3) is 0.375. The predicted octanol–water partition coefficient (Wildman–Crippen LogP) is 6.02. The van der Waals surface area contributed by atoms with Crippen molar-refractivity contribution in [3.8, 4) is 0 Å². The van der Waals surface area contributed by atoms with Crippen molar-refractivity contribution >= 4 is 39.1 Å². The number of nitrogens with one attached hydrogen (secondary N) is 1. The molecule has 0 spiro atoms. The molecule has 0 heterocycles. The Labute approximate surface area is 248 Å². The Kier molecular flexibility index (Phi) is 10.1. The van der Waals surface area contributed by atoms with Crippen molar-refractivity contribution < 1.29 is 18.0 Å². The van der Waals surface area contributed by atoms with Crippen LogP contribution in [0.2, 0.25) is 5.02 Å². The van der Waals surface area contributed by atoms with E-state index in [0.717, 1.165) is 53.1 Å². The number of para-hydroxylation sites is 1. The van der Waals surface area contributed by atoms with Crippen molar-refractivity contribution in [2.75, 3.05) is 10.8 Å². The number of aryl methyl sites for hydroxylation is 2. The SMILES string of the molecule is Cc1ccc(S(=O)(=O)N(CC(=O)N(Cc2cccc(C)c2)C(C)C(=O)NC2CCCCC2)c2ccccc2Cl)cc1. The number of hydrogen-bond acceptors (Lipinski definition) is 4. The highest BCUT2D eigenvalue weighted by Crippen LogP contribution is 2.31. The molecule has 0 bridgehead atoms. The van der Waals surface area contributed by atoms with E-state index < -0.39 is 28.5 Å². The number of hydrogen-bond donors (Lipinski definition) is 1. The van der Waals surface area contributed by atoms with E-state index >= 15 is 0 Å². The van der Waals surface area contributed by atoms with Crippen molar-refractivity contribution in [2.24, 2.45) is 0 Å². The number of carbonyl (C=O) groups is 2. The standard InChI is InChI=1S/C32H38ClN3O4S/c1-23-16-18-28(19-17-23)41(39,40)36(30-15-8-7-14-29(30)33)22-31(37)35(21-26-11-9-10-24(2)20-26)25(3)32(38)34-27-12-5-4-6-13-27/h7-11,14-20,25,27H,4-6,12-13,21-22H2,1-3H3,(H,34,38). The summed E-state index contributed by atoms with van der Waals surface area (Å²) in [6.07, 6.45) is 5.12. The second-order valence-electron chi connectivity index (χ2n) is 10.8. The summed E-state index contributed by atoms with van der Waals surface area (Å²) in [6, 6.07) is 20.0. The third-order valence-electron chi connectivity index (χ3n) is 7.56. The highest BCUT2D eigenvalue weighted by Gasteiger charge is 2.34. The summed E-state index contributed by atoms with van der Waals surface area (Å²) in [4.78, 5) is 29.0. The Balaban J connectivity index is 1.68. The summed E-state index contributed by atoms with van der Waals surface area (Å²) >= 11 is 6.47. The molecular formula is C32H38ClN3O4S. The van der Waals surface area contributed by atoms with Crippen LogP contribution in [0.1, 0.15) is 55.7 Å². The molecule has 218 valence electrons. The second-order valence-corrected chi connectivity index (χ2v) is 13.1. The van der Waals surface area contributed by atoms with Crippen LogP contribution in [0, 0.1) is 13.8 Å². The lowest BCUT2D eigenvalue weighted by Crippen LogP contribution is -2.53. The molecule has 2 amide bonds. The number of halogens is 1. The first kappa shape index (κ1) is 30.6. The van der Waals surface area contributed by atoms with Gasteiger partial charge in [-0.25, -0.2) is 8.42 Å². The quantitative estimate of drug-likeness (QED) is 0.311. The molecule has 0 aromatic heterocycles. The highest BCUT2D eigenvalue weighted by atomic mass is 35.5. The van der Waals surface area contributed by atoms with Crippen LogP contribution in [0.25, 0.3) is 0 Å². The van der Waals surface area contributed by atoms with Gasteiger partial charge in [-0.15, -0.1) is 0 Å². The first-order valence-corrected chi connectivity index (χ1v) is 15.9. The summed E-state index contributed by atoms with van der Waals surface area (Å²) in [5.41, 5.74) is 2.97. The predicted molar refractivity (Wildman–Crippen MR) is 163 cm³/mol. The van der Waals surface area contributed by atoms with E-state index in [2.05, 4.69) is 5.32 Å². The van der Waals surface area contributed by atoms with Gasteiger partial charge in [0.15, 0.2) is 0 Å². The first-order valence-electron chi connectivity index (χ1n) is 14.1. The number of nitrogens with zero attached hydrogens (tertiary/aromatic N) is 2. The van der Waals surface area contributed by atoms with Crippen molar-refractivity contribution in [3.05, 3.63) is 94.5 Å². The molecule has 3 aromatic carbocycles. The first-order chi connectivity index (χ1) is 19.6. The van der Waals surface area contributed by atoms with Gasteiger partial charge < -0.3 is 10.2 Å². The average molecular weight is 596 g/mol. The molecule has 1 fully saturated rings. The van der Waals surface area contributed by atoms with Crippen LogP contribution in [-0.2, 0) is 26.2 Å². The van der Waals surface area contributed by atoms with Gasteiger partial charge >= 0.3 is 0 Å². The van der Waals surface area contributed by atoms with Crippen LogP contribution in [0.5, 0.6) is 0 Å². The van der Waals surface area contributed by atoms with Gasteiger partial charge in [0.2, 0.25) is 11.8 Å². The van der Waals surface area contributed by atoms with Gasteiger partial charge in [0.1, 0.15) is 12.6 Å². The molecule has 1 saturated carbocycles. The fourth-order valence-corrected chi connectivity index (χ4v) is 6.88. The maximum atomic E-state index is 14.1. The molecule has 1 unspecified atom stereocenters. The molecule has 1 N–H and O–H groups in total. The molecule has 3 aromatic rings. The number of anilines is 1. The lowest BCUT2D eigenvalue weighted by Gasteiger charge is -2.33. The van der Waals surface area contributed by atoms with E-state index in [1.807, 2.05) is 38.1 Å². The number of sulfonamides is 1. The molecule has 7 nitrogen and oxygen atoms in total. The van der Waals surface area contributed by atoms with Crippen molar-refractivity contribution in [2.45, 2.75) is 76.4 Å². The maximum Gasteiger partial charge on any atom is 0.264 e. The summed E-state index contributed by atoms with van der Waals surface area (Å²) in [6.45, 7) is 5.16. The zero-order valence-corrected chi connectivity index (χ0v) is 25.4. The third-order valence-corrected chi connectivity index (χ3v) is 9.66. The van der Waals surface area contributed by atoms with Gasteiger partial charge in [0.05, 0.1) is 15.6 Å². The van der Waals surface area contributed by atoms with Gasteiger partial charge in [-0.3, -0.25) is 13.9 Å². The van der Waals surface area contributed by atoms with E-state index in [1.54, 1.807) is 43.3 Å². The average Bonchev–Trinajstić information content (AvgIpc) is 2.95. The van der Waals surface area contributed by atoms with Gasteiger partial charge in [-0.1, -0.05) is 90.5 Å². The van der Waals surface area contributed by atoms with Gasteiger partial charge in [0.25, 0.3) is 10.0 Å². The van der Waals surface area contributed by atoms with E-state index in [4.69, 9.17) is 11.6 Å². The topological polar surface area (TPSA) is 86.8 Å². The molecule has 0 radical (unpaired) electrons. The Morgan fingerprint density at radius 3 is 2.27 bits per heavy atom. The number of benzene rings is 3. The van der Waals surface area contributed by atoms with Crippen LogP contribution in [0.3, 0.4) is 0 Å². The molecule has 1 aliphatic rings. The Morgan fingerprint density at radius 2 is 1.61 bits per heavy atom. The third kappa shape index (κ3) is 7.68. The zero-order chi connectivity index (χ0) is 29.6. The Morgan fingerprint density at radius 1 is 0.927 bits per heavy atom. The zero-order valence-electron chi connectivity index (χ0n) is 23.8. The lowest BCUT2D eigenvalue weighted by molar-refractivity contribution is -0.139. The van der Waals surface area contributed by atoms with Crippen molar-refractivity contribution in [1.29, 1.82) is 0 Å². The molecule has 41 heavy (non-hydrogen) atoms. The maximum absolute atomic E-state index is 14.1. The molecular weight excluding hydrogens is 558 g/mol. The van der Waals surface area contributed by atoms with Crippen molar-refractivity contribution in [3.63, 3.8) is 0 Å². The summed E-state index contributed by atoms with van der Waals surface area (Å²) in [5.74, 6) is -0.753. The largest absolute Gasteiger partial charge is 0.352 e. The molecule has 9 heteroatoms. The fourth-order valence-electron chi connectivity index (χ4n) is 5.16. The smallest absolute Gasteiger partial charge is 0.264 e.